The van der Waals surface area contributed by atoms with E-state index in [0.717, 1.165) is 11.1 Å². The molecule has 13 nitrogen and oxygen atoms in total. The maximum absolute atomic E-state index is 14.3. The van der Waals surface area contributed by atoms with Crippen LogP contribution in [0.2, 0.25) is 0 Å². The zero-order valence-electron chi connectivity index (χ0n) is 31.3. The quantitative estimate of drug-likeness (QED) is 0.101. The maximum Gasteiger partial charge on any atom is 0.421 e. The number of nitrogens with one attached hydrogen (secondary N) is 2. The molecule has 2 aromatic carbocycles. The van der Waals surface area contributed by atoms with Gasteiger partial charge in [-0.25, -0.2) is 4.98 Å². The number of nitrogens with zero attached hydrogens (tertiary/aromatic N) is 3. The highest BCUT2D eigenvalue weighted by Crippen LogP contribution is 2.52. The van der Waals surface area contributed by atoms with Gasteiger partial charge < -0.3 is 39.8 Å². The van der Waals surface area contributed by atoms with Crippen LogP contribution in [0.3, 0.4) is 0 Å². The fourth-order valence-electron chi connectivity index (χ4n) is 6.75. The zero-order chi connectivity index (χ0) is 39.4. The lowest BCUT2D eigenvalue weighted by molar-refractivity contribution is -0.153. The summed E-state index contributed by atoms with van der Waals surface area (Å²) in [5.41, 5.74) is 7.90. The Labute approximate surface area is 313 Å². The fourth-order valence-corrected chi connectivity index (χ4v) is 8.44. The van der Waals surface area contributed by atoms with Gasteiger partial charge in [0.1, 0.15) is 29.3 Å². The minimum Gasteiger partial charge on any atom is -0.495 e. The molecule has 0 spiro atoms. The van der Waals surface area contributed by atoms with Crippen LogP contribution in [-0.4, -0.2) is 66.3 Å². The third kappa shape index (κ3) is 9.34. The Morgan fingerprint density at radius 1 is 1.06 bits per heavy atom. The van der Waals surface area contributed by atoms with E-state index in [-0.39, 0.29) is 60.4 Å². The average Bonchev–Trinajstić information content (AvgIpc) is 3.42. The lowest BCUT2D eigenvalue weighted by Gasteiger charge is -2.31. The number of esters is 1. The highest BCUT2D eigenvalue weighted by Gasteiger charge is 2.38. The number of carbonyl (C=O) groups is 2. The number of nitrogens with two attached hydrogens (primary N) is 1. The zero-order valence-corrected chi connectivity index (χ0v) is 32.2. The number of fused-ring (bicyclic) bond motifs is 1. The second kappa shape index (κ2) is 17.1. The predicted octanol–water partition coefficient (Wildman–Crippen LogP) is 7.90. The van der Waals surface area contributed by atoms with E-state index < -0.39 is 37.2 Å². The lowest BCUT2D eigenvalue weighted by Crippen LogP contribution is -2.39. The van der Waals surface area contributed by atoms with Crippen LogP contribution in [0, 0.1) is 5.92 Å². The summed E-state index contributed by atoms with van der Waals surface area (Å²) in [5.74, 6) is -1.16. The molecule has 0 saturated heterocycles. The molecule has 294 valence electrons. The van der Waals surface area contributed by atoms with Crippen molar-refractivity contribution in [3.05, 3.63) is 64.3 Å². The number of alkyl halides is 3. The van der Waals surface area contributed by atoms with E-state index >= 15 is 0 Å². The first-order valence-corrected chi connectivity index (χ1v) is 19.7. The number of amides is 1. The number of carbonyl (C=O) groups excluding carboxylic acids is 2. The molecule has 0 bridgehead atoms. The molecule has 1 aliphatic heterocycles. The Morgan fingerprint density at radius 3 is 2.33 bits per heavy atom. The summed E-state index contributed by atoms with van der Waals surface area (Å²) < 4.78 is 78.0. The van der Waals surface area contributed by atoms with Crippen LogP contribution in [0.5, 0.6) is 5.75 Å². The summed E-state index contributed by atoms with van der Waals surface area (Å²) in [5, 5.41) is 5.72. The molecular weight excluding hydrogens is 728 g/mol. The van der Waals surface area contributed by atoms with Crippen LogP contribution in [0.1, 0.15) is 91.9 Å². The minimum atomic E-state index is -4.82. The van der Waals surface area contributed by atoms with Crippen molar-refractivity contribution in [1.29, 1.82) is 0 Å². The van der Waals surface area contributed by atoms with Crippen molar-refractivity contribution in [2.75, 3.05) is 38.0 Å². The monoisotopic (exact) mass is 776 g/mol. The molecule has 1 saturated carbocycles. The van der Waals surface area contributed by atoms with E-state index in [4.69, 9.17) is 24.3 Å². The van der Waals surface area contributed by atoms with Gasteiger partial charge in [0.15, 0.2) is 0 Å². The summed E-state index contributed by atoms with van der Waals surface area (Å²) in [6.07, 6.45) is -1.77. The molecule has 5 rings (SSSR count). The number of rotatable bonds is 15. The van der Waals surface area contributed by atoms with Gasteiger partial charge in [-0.3, -0.25) is 14.2 Å². The number of anilines is 4. The molecule has 1 atom stereocenters. The van der Waals surface area contributed by atoms with Crippen LogP contribution in [0.15, 0.2) is 36.5 Å². The van der Waals surface area contributed by atoms with Gasteiger partial charge in [-0.2, -0.15) is 18.2 Å². The van der Waals surface area contributed by atoms with Gasteiger partial charge in [0.2, 0.25) is 5.95 Å². The normalized spacial score (nSPS) is 18.1. The average molecular weight is 777 g/mol. The second-order valence-corrected chi connectivity index (χ2v) is 15.8. The third-order valence-electron chi connectivity index (χ3n) is 9.58. The third-order valence-corrected chi connectivity index (χ3v) is 11.6. The van der Waals surface area contributed by atoms with E-state index in [1.165, 1.54) is 12.0 Å². The SMILES string of the molecule is CCOP(=O)(Cc1ccc(Nc2ncc(C(F)(F)F)c(Nc3ccc([C@H]4CC[C@H](OC(=O)[C@@H](N)C(C)C)CC4)c4c3C(=O)N(C)C4)n2)c(OC)c1)OCC. The molecule has 4 N–H and O–H groups in total. The molecule has 3 aromatic rings. The summed E-state index contributed by atoms with van der Waals surface area (Å²) in [7, 11) is -0.360. The van der Waals surface area contributed by atoms with Crippen LogP contribution >= 0.6 is 7.60 Å². The van der Waals surface area contributed by atoms with Crippen molar-refractivity contribution in [3.63, 3.8) is 0 Å². The van der Waals surface area contributed by atoms with Crippen molar-refractivity contribution in [1.82, 2.24) is 14.9 Å². The second-order valence-electron chi connectivity index (χ2n) is 13.7. The fraction of sp³-hybridized carbons (Fsp3) is 0.514. The van der Waals surface area contributed by atoms with Crippen molar-refractivity contribution in [2.24, 2.45) is 11.7 Å². The van der Waals surface area contributed by atoms with Crippen LogP contribution in [0.25, 0.3) is 0 Å². The Balaban J connectivity index is 1.40. The molecular formula is C37H48F3N6O7P. The summed E-state index contributed by atoms with van der Waals surface area (Å²) in [4.78, 5) is 35.6. The van der Waals surface area contributed by atoms with E-state index in [1.807, 2.05) is 19.9 Å². The Hall–Kier alpha value is -4.24. The van der Waals surface area contributed by atoms with Crippen LogP contribution < -0.4 is 21.1 Å². The van der Waals surface area contributed by atoms with Crippen molar-refractivity contribution >= 4 is 42.6 Å². The van der Waals surface area contributed by atoms with Crippen molar-refractivity contribution in [3.8, 4) is 5.75 Å². The summed E-state index contributed by atoms with van der Waals surface area (Å²) in [6, 6.07) is 7.64. The number of benzene rings is 2. The number of ether oxygens (including phenoxy) is 2. The van der Waals surface area contributed by atoms with E-state index in [0.29, 0.717) is 55.4 Å². The molecule has 2 heterocycles. The number of hydrogen-bond donors (Lipinski definition) is 3. The predicted molar refractivity (Wildman–Crippen MR) is 197 cm³/mol. The summed E-state index contributed by atoms with van der Waals surface area (Å²) >= 11 is 0. The molecule has 0 unspecified atom stereocenters. The number of methoxy groups -OCH3 is 1. The molecule has 2 aliphatic rings. The van der Waals surface area contributed by atoms with E-state index in [2.05, 4.69) is 20.6 Å². The standard InChI is InChI=1S/C37H48F3N6O7P/c1-7-51-54(49,52-8-2)20-22-9-15-28(30(17-22)50-6)44-36-42-18-27(37(38,39)40)33(45-36)43-29-16-14-25(26-19-46(5)34(47)31(26)29)23-10-12-24(13-11-23)53-35(48)32(41)21(3)4/h9,14-18,21,23-24,32H,7-8,10-13,19-20,41H2,1-6H3,(H2,42,43,44,45)/t23-,24-,32-/m0/s1. The largest absolute Gasteiger partial charge is 0.495 e. The molecule has 1 aliphatic carbocycles. The smallest absolute Gasteiger partial charge is 0.421 e. The van der Waals surface area contributed by atoms with Gasteiger partial charge in [0.05, 0.1) is 43.4 Å². The Morgan fingerprint density at radius 2 is 1.72 bits per heavy atom. The topological polar surface area (TPSA) is 167 Å². The Bertz CT molecular complexity index is 1880. The molecule has 17 heteroatoms. The molecule has 54 heavy (non-hydrogen) atoms. The molecule has 1 amide bonds. The number of halogens is 3. The Kier molecular flexibility index (Phi) is 12.9. The molecule has 0 radical (unpaired) electrons. The first-order chi connectivity index (χ1) is 25.6. The van der Waals surface area contributed by atoms with Crippen LogP contribution in [0.4, 0.5) is 36.3 Å². The van der Waals surface area contributed by atoms with Gasteiger partial charge in [-0.1, -0.05) is 26.0 Å². The van der Waals surface area contributed by atoms with Gasteiger partial charge in [0.25, 0.3) is 5.91 Å². The van der Waals surface area contributed by atoms with E-state index in [1.54, 1.807) is 45.2 Å². The lowest BCUT2D eigenvalue weighted by atomic mass is 9.80. The van der Waals surface area contributed by atoms with Crippen molar-refractivity contribution < 1.29 is 45.8 Å². The van der Waals surface area contributed by atoms with Gasteiger partial charge >= 0.3 is 19.7 Å². The number of hydrogen-bond acceptors (Lipinski definition) is 12. The minimum absolute atomic E-state index is 0.0164. The maximum atomic E-state index is 14.3. The summed E-state index contributed by atoms with van der Waals surface area (Å²) in [6.45, 7) is 7.84. The van der Waals surface area contributed by atoms with Crippen LogP contribution in [-0.2, 0) is 42.0 Å². The first kappa shape index (κ1) is 40.9. The number of aromatic nitrogens is 2. The first-order valence-electron chi connectivity index (χ1n) is 18.0. The molecule has 1 fully saturated rings. The highest BCUT2D eigenvalue weighted by molar-refractivity contribution is 7.53. The van der Waals surface area contributed by atoms with Gasteiger partial charge in [-0.05, 0) is 86.3 Å². The van der Waals surface area contributed by atoms with E-state index in [9.17, 15) is 27.3 Å². The van der Waals surface area contributed by atoms with Gasteiger partial charge in [0, 0.05) is 19.8 Å². The van der Waals surface area contributed by atoms with Crippen molar-refractivity contribution in [2.45, 2.75) is 90.3 Å². The highest BCUT2D eigenvalue weighted by atomic mass is 31.2. The molecule has 1 aromatic heterocycles. The van der Waals surface area contributed by atoms with Gasteiger partial charge in [-0.15, -0.1) is 0 Å².